The summed E-state index contributed by atoms with van der Waals surface area (Å²) in [5.41, 5.74) is 2.59. The summed E-state index contributed by atoms with van der Waals surface area (Å²) in [5.74, 6) is 0.824. The molecule has 0 aromatic heterocycles. The maximum atomic E-state index is 10.4. The average molecular weight is 211 g/mol. The van der Waals surface area contributed by atoms with Crippen molar-refractivity contribution in [2.45, 2.75) is 0 Å². The van der Waals surface area contributed by atoms with Gasteiger partial charge in [-0.1, -0.05) is 42.5 Å². The SMILES string of the molecule is COc1ccccc1-c1ccc([C]=O)cc1. The molecule has 0 saturated heterocycles. The van der Waals surface area contributed by atoms with Crippen LogP contribution in [0.4, 0.5) is 0 Å². The smallest absolute Gasteiger partial charge is 0.233 e. The van der Waals surface area contributed by atoms with Gasteiger partial charge in [-0.05, 0) is 11.6 Å². The molecular weight excluding hydrogens is 200 g/mol. The monoisotopic (exact) mass is 211 g/mol. The molecule has 0 bridgehead atoms. The molecule has 0 atom stereocenters. The zero-order chi connectivity index (χ0) is 11.4. The van der Waals surface area contributed by atoms with Crippen LogP contribution in [0.5, 0.6) is 5.75 Å². The second-order valence-corrected chi connectivity index (χ2v) is 3.38. The van der Waals surface area contributed by atoms with Crippen molar-refractivity contribution in [2.24, 2.45) is 0 Å². The van der Waals surface area contributed by atoms with Crippen molar-refractivity contribution in [2.75, 3.05) is 7.11 Å². The predicted octanol–water partition coefficient (Wildman–Crippen LogP) is 2.82. The Kier molecular flexibility index (Phi) is 3.01. The molecule has 2 rings (SSSR count). The summed E-state index contributed by atoms with van der Waals surface area (Å²) >= 11 is 0. The number of rotatable bonds is 3. The van der Waals surface area contributed by atoms with E-state index in [-0.39, 0.29) is 0 Å². The lowest BCUT2D eigenvalue weighted by Gasteiger charge is -2.07. The molecule has 0 heterocycles. The van der Waals surface area contributed by atoms with Crippen molar-refractivity contribution in [1.82, 2.24) is 0 Å². The van der Waals surface area contributed by atoms with Gasteiger partial charge in [0.2, 0.25) is 6.29 Å². The van der Waals surface area contributed by atoms with Gasteiger partial charge in [-0.3, -0.25) is 4.79 Å². The molecule has 0 fully saturated rings. The Morgan fingerprint density at radius 2 is 1.69 bits per heavy atom. The molecule has 1 radical (unpaired) electrons. The van der Waals surface area contributed by atoms with Crippen molar-refractivity contribution in [1.29, 1.82) is 0 Å². The van der Waals surface area contributed by atoms with Gasteiger partial charge in [-0.15, -0.1) is 0 Å². The third-order valence-electron chi connectivity index (χ3n) is 2.42. The molecule has 0 saturated carbocycles. The zero-order valence-corrected chi connectivity index (χ0v) is 8.94. The van der Waals surface area contributed by atoms with Crippen LogP contribution in [0, 0.1) is 0 Å². The van der Waals surface area contributed by atoms with Crippen LogP contribution in [0.25, 0.3) is 11.1 Å². The van der Waals surface area contributed by atoms with Crippen LogP contribution in [-0.4, -0.2) is 13.4 Å². The van der Waals surface area contributed by atoms with Crippen LogP contribution in [-0.2, 0) is 4.79 Å². The summed E-state index contributed by atoms with van der Waals surface area (Å²) in [6.07, 6.45) is 1.85. The zero-order valence-electron chi connectivity index (χ0n) is 8.94. The van der Waals surface area contributed by atoms with Gasteiger partial charge in [0.15, 0.2) is 0 Å². The lowest BCUT2D eigenvalue weighted by Crippen LogP contribution is -1.87. The van der Waals surface area contributed by atoms with E-state index in [0.29, 0.717) is 5.56 Å². The van der Waals surface area contributed by atoms with Crippen molar-refractivity contribution < 1.29 is 9.53 Å². The van der Waals surface area contributed by atoms with Gasteiger partial charge in [-0.25, -0.2) is 0 Å². The van der Waals surface area contributed by atoms with Gasteiger partial charge in [-0.2, -0.15) is 0 Å². The largest absolute Gasteiger partial charge is 0.496 e. The first kappa shape index (κ1) is 10.4. The minimum atomic E-state index is 0.554. The molecule has 16 heavy (non-hydrogen) atoms. The van der Waals surface area contributed by atoms with Crippen LogP contribution >= 0.6 is 0 Å². The molecule has 0 N–H and O–H groups in total. The number of ether oxygens (including phenoxy) is 1. The minimum absolute atomic E-state index is 0.554. The van der Waals surface area contributed by atoms with Crippen molar-refractivity contribution >= 4 is 6.29 Å². The minimum Gasteiger partial charge on any atom is -0.496 e. The maximum absolute atomic E-state index is 10.4. The average Bonchev–Trinajstić information content (AvgIpc) is 2.39. The molecule has 0 amide bonds. The first-order valence-corrected chi connectivity index (χ1v) is 4.97. The molecular formula is C14H11O2. The highest BCUT2D eigenvalue weighted by atomic mass is 16.5. The van der Waals surface area contributed by atoms with Crippen LogP contribution in [0.3, 0.4) is 0 Å². The van der Waals surface area contributed by atoms with Crippen LogP contribution in [0.2, 0.25) is 0 Å². The van der Waals surface area contributed by atoms with E-state index >= 15 is 0 Å². The summed E-state index contributed by atoms with van der Waals surface area (Å²) in [6, 6.07) is 15.0. The normalized spacial score (nSPS) is 9.81. The molecule has 0 aliphatic heterocycles. The second kappa shape index (κ2) is 4.62. The molecule has 2 heteroatoms. The van der Waals surface area contributed by atoms with Gasteiger partial charge in [0.05, 0.1) is 7.11 Å². The highest BCUT2D eigenvalue weighted by Gasteiger charge is 2.04. The lowest BCUT2D eigenvalue weighted by molar-refractivity contribution is 0.416. The fraction of sp³-hybridized carbons (Fsp3) is 0.0714. The van der Waals surface area contributed by atoms with E-state index in [0.717, 1.165) is 16.9 Å². The third kappa shape index (κ3) is 1.96. The van der Waals surface area contributed by atoms with E-state index in [1.165, 1.54) is 0 Å². The Morgan fingerprint density at radius 3 is 2.31 bits per heavy atom. The summed E-state index contributed by atoms with van der Waals surface area (Å²) in [4.78, 5) is 10.4. The number of benzene rings is 2. The molecule has 2 nitrogen and oxygen atoms in total. The van der Waals surface area contributed by atoms with Gasteiger partial charge < -0.3 is 4.74 Å². The summed E-state index contributed by atoms with van der Waals surface area (Å²) in [6.45, 7) is 0. The topological polar surface area (TPSA) is 26.3 Å². The van der Waals surface area contributed by atoms with E-state index in [1.807, 2.05) is 42.7 Å². The number of carbonyl (C=O) groups excluding carboxylic acids is 1. The Balaban J connectivity index is 2.45. The molecule has 79 valence electrons. The molecule has 2 aromatic carbocycles. The quantitative estimate of drug-likeness (QED) is 0.780. The van der Waals surface area contributed by atoms with Crippen LogP contribution < -0.4 is 4.74 Å². The first-order valence-electron chi connectivity index (χ1n) is 4.97. The molecule has 0 unspecified atom stereocenters. The molecule has 0 aliphatic rings. The summed E-state index contributed by atoms with van der Waals surface area (Å²) < 4.78 is 5.28. The number of hydrogen-bond acceptors (Lipinski definition) is 2. The Labute approximate surface area is 94.5 Å². The van der Waals surface area contributed by atoms with Crippen LogP contribution in [0.1, 0.15) is 5.56 Å². The fourth-order valence-corrected chi connectivity index (χ4v) is 1.60. The van der Waals surface area contributed by atoms with Gasteiger partial charge >= 0.3 is 0 Å². The fourth-order valence-electron chi connectivity index (χ4n) is 1.60. The van der Waals surface area contributed by atoms with E-state index < -0.39 is 0 Å². The third-order valence-corrected chi connectivity index (χ3v) is 2.42. The van der Waals surface area contributed by atoms with E-state index in [9.17, 15) is 4.79 Å². The second-order valence-electron chi connectivity index (χ2n) is 3.38. The van der Waals surface area contributed by atoms with Gasteiger partial charge in [0, 0.05) is 11.1 Å². The predicted molar refractivity (Wildman–Crippen MR) is 63.2 cm³/mol. The first-order chi connectivity index (χ1) is 7.85. The van der Waals surface area contributed by atoms with Gasteiger partial charge in [0.25, 0.3) is 0 Å². The molecule has 2 aromatic rings. The summed E-state index contributed by atoms with van der Waals surface area (Å²) in [7, 11) is 1.65. The van der Waals surface area contributed by atoms with E-state index in [1.54, 1.807) is 19.2 Å². The Morgan fingerprint density at radius 1 is 1.00 bits per heavy atom. The number of para-hydroxylation sites is 1. The van der Waals surface area contributed by atoms with Crippen LogP contribution in [0.15, 0.2) is 48.5 Å². The van der Waals surface area contributed by atoms with Crippen molar-refractivity contribution in [3.05, 3.63) is 54.1 Å². The lowest BCUT2D eigenvalue weighted by atomic mass is 10.0. The standard InChI is InChI=1S/C14H11O2/c1-16-14-5-3-2-4-13(14)12-8-6-11(10-15)7-9-12/h2-9H,1H3. The summed E-state index contributed by atoms with van der Waals surface area (Å²) in [5, 5.41) is 0. The van der Waals surface area contributed by atoms with Crippen molar-refractivity contribution in [3.8, 4) is 16.9 Å². The highest BCUT2D eigenvalue weighted by molar-refractivity contribution is 5.78. The Bertz CT molecular complexity index is 486. The Hall–Kier alpha value is -2.09. The molecule has 0 aliphatic carbocycles. The van der Waals surface area contributed by atoms with Crippen molar-refractivity contribution in [3.63, 3.8) is 0 Å². The maximum Gasteiger partial charge on any atom is 0.233 e. The van der Waals surface area contributed by atoms with E-state index in [2.05, 4.69) is 0 Å². The van der Waals surface area contributed by atoms with E-state index in [4.69, 9.17) is 4.74 Å². The molecule has 0 spiro atoms. The number of hydrogen-bond donors (Lipinski definition) is 0. The highest BCUT2D eigenvalue weighted by Crippen LogP contribution is 2.29. The number of methoxy groups -OCH3 is 1. The van der Waals surface area contributed by atoms with Gasteiger partial charge in [0.1, 0.15) is 5.75 Å².